The van der Waals surface area contributed by atoms with E-state index in [1.807, 2.05) is 6.07 Å². The molecular weight excluding hydrogens is 278 g/mol. The number of hydrogen-bond donors (Lipinski definition) is 1. The van der Waals surface area contributed by atoms with Gasteiger partial charge in [0, 0.05) is 0 Å². The van der Waals surface area contributed by atoms with Crippen LogP contribution in [-0.4, -0.2) is 20.2 Å². The monoisotopic (exact) mass is 299 g/mol. The van der Waals surface area contributed by atoms with Gasteiger partial charge in [0.25, 0.3) is 0 Å². The van der Waals surface area contributed by atoms with E-state index in [-0.39, 0.29) is 0 Å². The standard InChI is InChI=1S/C14H22BrNO/c1-4-16-10-11(2)5-6-12-7-8-14(17-3)13(15)9-12/h7-9,11,16H,4-6,10H2,1-3H3. The second-order valence-corrected chi connectivity index (χ2v) is 5.27. The highest BCUT2D eigenvalue weighted by molar-refractivity contribution is 9.10. The van der Waals surface area contributed by atoms with E-state index < -0.39 is 0 Å². The molecule has 0 bridgehead atoms. The van der Waals surface area contributed by atoms with E-state index >= 15 is 0 Å². The Morgan fingerprint density at radius 3 is 2.76 bits per heavy atom. The fourth-order valence-electron chi connectivity index (χ4n) is 1.77. The molecule has 0 radical (unpaired) electrons. The van der Waals surface area contributed by atoms with Crippen LogP contribution in [0.4, 0.5) is 0 Å². The molecule has 1 N–H and O–H groups in total. The van der Waals surface area contributed by atoms with Crippen LogP contribution in [0.25, 0.3) is 0 Å². The molecule has 2 nitrogen and oxygen atoms in total. The van der Waals surface area contributed by atoms with Crippen LogP contribution in [0.15, 0.2) is 22.7 Å². The molecule has 3 heteroatoms. The van der Waals surface area contributed by atoms with Gasteiger partial charge in [-0.1, -0.05) is 19.9 Å². The molecule has 17 heavy (non-hydrogen) atoms. The van der Waals surface area contributed by atoms with Crippen molar-refractivity contribution in [3.63, 3.8) is 0 Å². The third kappa shape index (κ3) is 5.09. The van der Waals surface area contributed by atoms with Gasteiger partial charge in [-0.05, 0) is 65.5 Å². The Bertz CT molecular complexity index is 341. The van der Waals surface area contributed by atoms with E-state index in [4.69, 9.17) is 4.74 Å². The summed E-state index contributed by atoms with van der Waals surface area (Å²) in [7, 11) is 1.69. The molecule has 0 heterocycles. The second-order valence-electron chi connectivity index (χ2n) is 4.42. The van der Waals surface area contributed by atoms with Gasteiger partial charge < -0.3 is 10.1 Å². The highest BCUT2D eigenvalue weighted by Crippen LogP contribution is 2.26. The fraction of sp³-hybridized carbons (Fsp3) is 0.571. The Morgan fingerprint density at radius 2 is 2.18 bits per heavy atom. The quantitative estimate of drug-likeness (QED) is 0.830. The predicted molar refractivity (Wildman–Crippen MR) is 76.7 cm³/mol. The highest BCUT2D eigenvalue weighted by Gasteiger charge is 2.04. The van der Waals surface area contributed by atoms with Gasteiger partial charge in [0.15, 0.2) is 0 Å². The first-order chi connectivity index (χ1) is 8.17. The van der Waals surface area contributed by atoms with Gasteiger partial charge in [0.1, 0.15) is 5.75 Å². The van der Waals surface area contributed by atoms with Crippen molar-refractivity contribution in [3.05, 3.63) is 28.2 Å². The maximum atomic E-state index is 5.22. The molecule has 0 amide bonds. The summed E-state index contributed by atoms with van der Waals surface area (Å²) in [5.74, 6) is 1.62. The fourth-order valence-corrected chi connectivity index (χ4v) is 2.36. The number of aryl methyl sites for hydroxylation is 1. The van der Waals surface area contributed by atoms with E-state index in [1.54, 1.807) is 7.11 Å². The first-order valence-electron chi connectivity index (χ1n) is 6.20. The summed E-state index contributed by atoms with van der Waals surface area (Å²) in [5.41, 5.74) is 1.36. The number of benzene rings is 1. The van der Waals surface area contributed by atoms with E-state index in [9.17, 15) is 0 Å². The summed E-state index contributed by atoms with van der Waals surface area (Å²) in [5, 5.41) is 3.38. The van der Waals surface area contributed by atoms with Crippen LogP contribution in [-0.2, 0) is 6.42 Å². The lowest BCUT2D eigenvalue weighted by molar-refractivity contribution is 0.412. The highest BCUT2D eigenvalue weighted by atomic mass is 79.9. The summed E-state index contributed by atoms with van der Waals surface area (Å²) in [6, 6.07) is 6.32. The number of rotatable bonds is 7. The summed E-state index contributed by atoms with van der Waals surface area (Å²) in [6.45, 7) is 6.60. The topological polar surface area (TPSA) is 21.3 Å². The number of ether oxygens (including phenoxy) is 1. The lowest BCUT2D eigenvalue weighted by Crippen LogP contribution is -2.20. The van der Waals surface area contributed by atoms with Crippen molar-refractivity contribution in [1.82, 2.24) is 5.32 Å². The molecule has 0 aromatic heterocycles. The minimum Gasteiger partial charge on any atom is -0.496 e. The zero-order chi connectivity index (χ0) is 12.7. The molecule has 0 spiro atoms. The second kappa shape index (κ2) is 7.72. The van der Waals surface area contributed by atoms with Crippen molar-refractivity contribution in [2.24, 2.45) is 5.92 Å². The zero-order valence-electron chi connectivity index (χ0n) is 10.9. The molecule has 0 aliphatic carbocycles. The summed E-state index contributed by atoms with van der Waals surface area (Å²) >= 11 is 3.52. The maximum Gasteiger partial charge on any atom is 0.133 e. The molecule has 0 aliphatic heterocycles. The molecule has 1 atom stereocenters. The lowest BCUT2D eigenvalue weighted by atomic mass is 10.0. The van der Waals surface area contributed by atoms with Gasteiger partial charge in [-0.25, -0.2) is 0 Å². The average molecular weight is 300 g/mol. The average Bonchev–Trinajstić information content (AvgIpc) is 2.34. The molecular formula is C14H22BrNO. The third-order valence-electron chi connectivity index (χ3n) is 2.88. The van der Waals surface area contributed by atoms with Crippen molar-refractivity contribution in [2.75, 3.05) is 20.2 Å². The first kappa shape index (κ1) is 14.5. The maximum absolute atomic E-state index is 5.22. The van der Waals surface area contributed by atoms with E-state index in [2.05, 4.69) is 47.2 Å². The molecule has 1 aromatic carbocycles. The number of halogens is 1. The Kier molecular flexibility index (Phi) is 6.60. The van der Waals surface area contributed by atoms with Crippen molar-refractivity contribution >= 4 is 15.9 Å². The molecule has 1 aromatic rings. The van der Waals surface area contributed by atoms with Gasteiger partial charge >= 0.3 is 0 Å². The molecule has 1 rings (SSSR count). The lowest BCUT2D eigenvalue weighted by Gasteiger charge is -2.12. The van der Waals surface area contributed by atoms with Crippen LogP contribution < -0.4 is 10.1 Å². The first-order valence-corrected chi connectivity index (χ1v) is 6.99. The smallest absolute Gasteiger partial charge is 0.133 e. The van der Waals surface area contributed by atoms with Gasteiger partial charge in [0.2, 0.25) is 0 Å². The Hall–Kier alpha value is -0.540. The van der Waals surface area contributed by atoms with Crippen molar-refractivity contribution < 1.29 is 4.74 Å². The van der Waals surface area contributed by atoms with Crippen LogP contribution in [0.1, 0.15) is 25.8 Å². The number of nitrogens with one attached hydrogen (secondary N) is 1. The van der Waals surface area contributed by atoms with Crippen LogP contribution in [0.5, 0.6) is 5.75 Å². The molecule has 1 unspecified atom stereocenters. The van der Waals surface area contributed by atoms with Gasteiger partial charge in [-0.2, -0.15) is 0 Å². The van der Waals surface area contributed by atoms with Crippen LogP contribution in [0, 0.1) is 5.92 Å². The largest absolute Gasteiger partial charge is 0.496 e. The van der Waals surface area contributed by atoms with Crippen molar-refractivity contribution in [2.45, 2.75) is 26.7 Å². The number of methoxy groups -OCH3 is 1. The summed E-state index contributed by atoms with van der Waals surface area (Å²) < 4.78 is 6.26. The van der Waals surface area contributed by atoms with Crippen LogP contribution >= 0.6 is 15.9 Å². The molecule has 0 fully saturated rings. The zero-order valence-corrected chi connectivity index (χ0v) is 12.5. The number of hydrogen-bond acceptors (Lipinski definition) is 2. The Balaban J connectivity index is 2.44. The van der Waals surface area contributed by atoms with Crippen LogP contribution in [0.2, 0.25) is 0 Å². The van der Waals surface area contributed by atoms with E-state index in [1.165, 1.54) is 12.0 Å². The molecule has 0 saturated carbocycles. The molecule has 96 valence electrons. The van der Waals surface area contributed by atoms with E-state index in [0.717, 1.165) is 35.7 Å². The van der Waals surface area contributed by atoms with Crippen LogP contribution in [0.3, 0.4) is 0 Å². The summed E-state index contributed by atoms with van der Waals surface area (Å²) in [4.78, 5) is 0. The minimum absolute atomic E-state index is 0.718. The SMILES string of the molecule is CCNCC(C)CCc1ccc(OC)c(Br)c1. The normalized spacial score (nSPS) is 12.5. The van der Waals surface area contributed by atoms with Gasteiger partial charge in [-0.3, -0.25) is 0 Å². The van der Waals surface area contributed by atoms with E-state index in [0.29, 0.717) is 0 Å². The molecule has 0 aliphatic rings. The summed E-state index contributed by atoms with van der Waals surface area (Å²) in [6.07, 6.45) is 2.33. The predicted octanol–water partition coefficient (Wildman–Crippen LogP) is 3.64. The van der Waals surface area contributed by atoms with Gasteiger partial charge in [0.05, 0.1) is 11.6 Å². The van der Waals surface area contributed by atoms with Crippen molar-refractivity contribution in [3.8, 4) is 5.75 Å². The minimum atomic E-state index is 0.718. The Labute approximate surface area is 113 Å². The van der Waals surface area contributed by atoms with Crippen molar-refractivity contribution in [1.29, 1.82) is 0 Å². The Morgan fingerprint density at radius 1 is 1.41 bits per heavy atom. The third-order valence-corrected chi connectivity index (χ3v) is 3.50. The van der Waals surface area contributed by atoms with Gasteiger partial charge in [-0.15, -0.1) is 0 Å². The molecule has 0 saturated heterocycles.